The summed E-state index contributed by atoms with van der Waals surface area (Å²) in [5, 5.41) is 19.1. The Hall–Kier alpha value is -3.19. The molecule has 4 rings (SSSR count). The van der Waals surface area contributed by atoms with Crippen molar-refractivity contribution in [1.29, 1.82) is 5.26 Å². The Kier molecular flexibility index (Phi) is 5.77. The normalized spacial score (nSPS) is 20.4. The first-order valence-electron chi connectivity index (χ1n) is 10.3. The average Bonchev–Trinajstić information content (AvgIpc) is 3.16. The van der Waals surface area contributed by atoms with Gasteiger partial charge in [0, 0.05) is 56.8 Å². The van der Waals surface area contributed by atoms with Crippen LogP contribution in [-0.2, 0) is 6.18 Å². The van der Waals surface area contributed by atoms with Crippen LogP contribution in [0.15, 0.2) is 36.8 Å². The summed E-state index contributed by atoms with van der Waals surface area (Å²) in [5.41, 5.74) is -1.02. The minimum absolute atomic E-state index is 0.0863. The van der Waals surface area contributed by atoms with E-state index in [1.807, 2.05) is 4.90 Å². The molecule has 2 fully saturated rings. The van der Waals surface area contributed by atoms with Gasteiger partial charge in [0.15, 0.2) is 0 Å². The first-order chi connectivity index (χ1) is 15.3. The summed E-state index contributed by atoms with van der Waals surface area (Å²) in [6.07, 6.45) is 1.01. The maximum Gasteiger partial charge on any atom is 0.417 e. The second-order valence-electron chi connectivity index (χ2n) is 8.34. The number of likely N-dealkylation sites (tertiary alicyclic amines) is 1. The summed E-state index contributed by atoms with van der Waals surface area (Å²) < 4.78 is 40.2. The maximum absolute atomic E-state index is 13.4. The van der Waals surface area contributed by atoms with Crippen molar-refractivity contribution in [3.63, 3.8) is 0 Å². The van der Waals surface area contributed by atoms with E-state index in [4.69, 9.17) is 5.26 Å². The number of nitriles is 1. The first kappa shape index (κ1) is 22.0. The minimum atomic E-state index is -4.62. The molecule has 0 saturated carbocycles. The standard InChI is InChI=1S/C22H22F3N5O2/c23-22(24,25)18-9-17(2-1-15(18)10-26)30-12-16(13-31)21(14-30)3-7-29(8-4-21)20(32)19-11-27-5-6-28-19/h1-2,5-6,9,11,16,31H,3-4,7-8,12-14H2. The molecular formula is C22H22F3N5O2. The zero-order valence-electron chi connectivity index (χ0n) is 17.2. The number of aliphatic hydroxyl groups excluding tert-OH is 1. The topological polar surface area (TPSA) is 93.4 Å². The van der Waals surface area contributed by atoms with Gasteiger partial charge < -0.3 is 14.9 Å². The van der Waals surface area contributed by atoms with E-state index in [2.05, 4.69) is 9.97 Å². The highest BCUT2D eigenvalue weighted by Crippen LogP contribution is 2.46. The number of hydrogen-bond donors (Lipinski definition) is 1. The van der Waals surface area contributed by atoms with Crippen LogP contribution < -0.4 is 4.90 Å². The van der Waals surface area contributed by atoms with Crippen LogP contribution in [0.1, 0.15) is 34.5 Å². The SMILES string of the molecule is N#Cc1ccc(N2CC(CO)C3(CCN(C(=O)c4cnccn4)CC3)C2)cc1C(F)(F)F. The van der Waals surface area contributed by atoms with Crippen molar-refractivity contribution in [3.8, 4) is 6.07 Å². The molecule has 1 aromatic carbocycles. The van der Waals surface area contributed by atoms with Gasteiger partial charge >= 0.3 is 6.18 Å². The number of halogens is 3. The third-order valence-corrected chi connectivity index (χ3v) is 6.66. The molecule has 1 unspecified atom stereocenters. The van der Waals surface area contributed by atoms with Crippen LogP contribution in [0.25, 0.3) is 0 Å². The summed E-state index contributed by atoms with van der Waals surface area (Å²) in [6, 6.07) is 5.33. The van der Waals surface area contributed by atoms with Crippen molar-refractivity contribution >= 4 is 11.6 Å². The number of aromatic nitrogens is 2. The molecule has 0 aliphatic carbocycles. The van der Waals surface area contributed by atoms with Gasteiger partial charge in [0.2, 0.25) is 0 Å². The number of amides is 1. The van der Waals surface area contributed by atoms with E-state index < -0.39 is 17.3 Å². The molecule has 2 saturated heterocycles. The predicted octanol–water partition coefficient (Wildman–Crippen LogP) is 2.72. The number of carbonyl (C=O) groups excluding carboxylic acids is 1. The van der Waals surface area contributed by atoms with Gasteiger partial charge in [0.05, 0.1) is 23.4 Å². The van der Waals surface area contributed by atoms with E-state index in [1.54, 1.807) is 11.0 Å². The fourth-order valence-electron chi connectivity index (χ4n) is 4.84. The molecule has 10 heteroatoms. The molecule has 168 valence electrons. The van der Waals surface area contributed by atoms with Gasteiger partial charge in [-0.25, -0.2) is 4.98 Å². The van der Waals surface area contributed by atoms with Crippen molar-refractivity contribution in [2.45, 2.75) is 19.0 Å². The molecule has 2 aliphatic heterocycles. The van der Waals surface area contributed by atoms with Crippen molar-refractivity contribution in [2.24, 2.45) is 11.3 Å². The summed E-state index contributed by atoms with van der Waals surface area (Å²) in [7, 11) is 0. The van der Waals surface area contributed by atoms with Crippen molar-refractivity contribution in [2.75, 3.05) is 37.7 Å². The van der Waals surface area contributed by atoms with Crippen LogP contribution in [0, 0.1) is 22.7 Å². The maximum atomic E-state index is 13.4. The van der Waals surface area contributed by atoms with E-state index in [1.165, 1.54) is 30.7 Å². The van der Waals surface area contributed by atoms with E-state index in [-0.39, 0.29) is 29.5 Å². The smallest absolute Gasteiger partial charge is 0.396 e. The van der Waals surface area contributed by atoms with Crippen LogP contribution in [0.3, 0.4) is 0 Å². The third-order valence-electron chi connectivity index (χ3n) is 6.66. The average molecular weight is 445 g/mol. The number of aliphatic hydroxyl groups is 1. The highest BCUT2D eigenvalue weighted by Gasteiger charge is 2.48. The van der Waals surface area contributed by atoms with E-state index in [0.29, 0.717) is 44.7 Å². The van der Waals surface area contributed by atoms with Gasteiger partial charge in [-0.1, -0.05) is 0 Å². The van der Waals surface area contributed by atoms with E-state index in [0.717, 1.165) is 6.07 Å². The Morgan fingerprint density at radius 3 is 2.62 bits per heavy atom. The number of nitrogens with zero attached hydrogens (tertiary/aromatic N) is 5. The highest BCUT2D eigenvalue weighted by atomic mass is 19.4. The number of hydrogen-bond acceptors (Lipinski definition) is 6. The predicted molar refractivity (Wildman–Crippen MR) is 109 cm³/mol. The van der Waals surface area contributed by atoms with Crippen LogP contribution in [0.4, 0.5) is 18.9 Å². The van der Waals surface area contributed by atoms with Gasteiger partial charge in [-0.15, -0.1) is 0 Å². The number of carbonyl (C=O) groups is 1. The molecule has 1 aromatic heterocycles. The Labute approximate surface area is 183 Å². The Balaban J connectivity index is 1.52. The molecule has 1 amide bonds. The molecule has 1 spiro atoms. The zero-order chi connectivity index (χ0) is 22.9. The monoisotopic (exact) mass is 445 g/mol. The second kappa shape index (κ2) is 8.39. The number of piperidine rings is 1. The first-order valence-corrected chi connectivity index (χ1v) is 10.3. The van der Waals surface area contributed by atoms with Gasteiger partial charge in [-0.2, -0.15) is 18.4 Å². The lowest BCUT2D eigenvalue weighted by Crippen LogP contribution is -2.47. The molecule has 1 N–H and O–H groups in total. The number of anilines is 1. The quantitative estimate of drug-likeness (QED) is 0.781. The lowest BCUT2D eigenvalue weighted by molar-refractivity contribution is -0.137. The number of alkyl halides is 3. The Morgan fingerprint density at radius 1 is 1.28 bits per heavy atom. The number of rotatable bonds is 3. The Bertz CT molecular complexity index is 1030. The lowest BCUT2D eigenvalue weighted by Gasteiger charge is -2.42. The fraction of sp³-hybridized carbons (Fsp3) is 0.455. The molecule has 3 heterocycles. The molecule has 2 aromatic rings. The van der Waals surface area contributed by atoms with Crippen LogP contribution in [0.5, 0.6) is 0 Å². The zero-order valence-corrected chi connectivity index (χ0v) is 17.2. The van der Waals surface area contributed by atoms with Crippen LogP contribution >= 0.6 is 0 Å². The van der Waals surface area contributed by atoms with E-state index in [9.17, 15) is 23.1 Å². The van der Waals surface area contributed by atoms with Gasteiger partial charge in [-0.3, -0.25) is 9.78 Å². The van der Waals surface area contributed by atoms with Gasteiger partial charge in [0.25, 0.3) is 5.91 Å². The second-order valence-corrected chi connectivity index (χ2v) is 8.34. The lowest BCUT2D eigenvalue weighted by atomic mass is 9.71. The van der Waals surface area contributed by atoms with Crippen molar-refractivity contribution in [1.82, 2.24) is 14.9 Å². The molecule has 32 heavy (non-hydrogen) atoms. The third kappa shape index (κ3) is 4.00. The van der Waals surface area contributed by atoms with Crippen molar-refractivity contribution < 1.29 is 23.1 Å². The van der Waals surface area contributed by atoms with E-state index >= 15 is 0 Å². The molecule has 1 atom stereocenters. The van der Waals surface area contributed by atoms with Crippen LogP contribution in [0.2, 0.25) is 0 Å². The Morgan fingerprint density at radius 2 is 2.03 bits per heavy atom. The fourth-order valence-corrected chi connectivity index (χ4v) is 4.84. The minimum Gasteiger partial charge on any atom is -0.396 e. The molecule has 7 nitrogen and oxygen atoms in total. The number of benzene rings is 1. The highest BCUT2D eigenvalue weighted by molar-refractivity contribution is 5.92. The largest absolute Gasteiger partial charge is 0.417 e. The summed E-state index contributed by atoms with van der Waals surface area (Å²) in [6.45, 7) is 1.76. The molecular weight excluding hydrogens is 423 g/mol. The molecule has 0 radical (unpaired) electrons. The van der Waals surface area contributed by atoms with Crippen LogP contribution in [-0.4, -0.2) is 58.7 Å². The summed E-state index contributed by atoms with van der Waals surface area (Å²) >= 11 is 0. The molecule has 2 aliphatic rings. The molecule has 0 bridgehead atoms. The van der Waals surface area contributed by atoms with Gasteiger partial charge in [0.1, 0.15) is 5.69 Å². The summed E-state index contributed by atoms with van der Waals surface area (Å²) in [5.74, 6) is -0.327. The summed E-state index contributed by atoms with van der Waals surface area (Å²) in [4.78, 5) is 24.2. The van der Waals surface area contributed by atoms with Crippen molar-refractivity contribution in [3.05, 3.63) is 53.6 Å². The van der Waals surface area contributed by atoms with Gasteiger partial charge in [-0.05, 0) is 36.5 Å².